The molecule has 4 rings (SSSR count). The third kappa shape index (κ3) is 2.82. The van der Waals surface area contributed by atoms with E-state index in [-0.39, 0.29) is 0 Å². The summed E-state index contributed by atoms with van der Waals surface area (Å²) in [5.41, 5.74) is 1.35. The van der Waals surface area contributed by atoms with Crippen molar-refractivity contribution in [2.45, 2.75) is 111 Å². The molecule has 8 atom stereocenters. The maximum absolute atomic E-state index is 3.86. The highest BCUT2D eigenvalue weighted by Gasteiger charge is 2.59. The van der Waals surface area contributed by atoms with Gasteiger partial charge in [-0.25, -0.2) is 0 Å². The molecular formula is C24H43N. The summed E-state index contributed by atoms with van der Waals surface area (Å²) < 4.78 is 0. The second-order valence-electron chi connectivity index (χ2n) is 11.2. The van der Waals surface area contributed by atoms with E-state index >= 15 is 0 Å². The lowest BCUT2D eigenvalue weighted by Gasteiger charge is -2.61. The normalized spacial score (nSPS) is 52.6. The number of rotatable bonds is 3. The molecule has 4 aliphatic carbocycles. The first-order valence-corrected chi connectivity index (χ1v) is 11.6. The molecule has 0 aromatic heterocycles. The van der Waals surface area contributed by atoms with Gasteiger partial charge >= 0.3 is 0 Å². The van der Waals surface area contributed by atoms with Gasteiger partial charge in [-0.15, -0.1) is 0 Å². The number of fused-ring (bicyclic) bond motifs is 5. The van der Waals surface area contributed by atoms with Crippen molar-refractivity contribution >= 4 is 0 Å². The molecule has 0 amide bonds. The average molecular weight is 346 g/mol. The molecule has 8 unspecified atom stereocenters. The van der Waals surface area contributed by atoms with E-state index in [9.17, 15) is 0 Å². The lowest BCUT2D eigenvalue weighted by molar-refractivity contribution is -0.115. The predicted octanol–water partition coefficient (Wildman–Crippen LogP) is 6.42. The van der Waals surface area contributed by atoms with Crippen LogP contribution >= 0.6 is 0 Å². The van der Waals surface area contributed by atoms with Gasteiger partial charge in [0.15, 0.2) is 0 Å². The summed E-state index contributed by atoms with van der Waals surface area (Å²) in [7, 11) is 0. The molecule has 0 aromatic carbocycles. The van der Waals surface area contributed by atoms with Crippen molar-refractivity contribution in [2.24, 2.45) is 40.4 Å². The SMILES string of the molecule is CCC1CCC2C3CCC4CC(NC(C)C)CCC4(C)C3CCC12C. The van der Waals surface area contributed by atoms with Gasteiger partial charge in [-0.2, -0.15) is 0 Å². The molecule has 0 saturated heterocycles. The molecule has 1 nitrogen and oxygen atoms in total. The summed E-state index contributed by atoms with van der Waals surface area (Å²) in [6, 6.07) is 1.44. The highest BCUT2D eigenvalue weighted by molar-refractivity contribution is 5.09. The summed E-state index contributed by atoms with van der Waals surface area (Å²) in [5.74, 6) is 5.17. The quantitative estimate of drug-likeness (QED) is 0.622. The fourth-order valence-electron chi connectivity index (χ4n) is 8.66. The molecule has 1 N–H and O–H groups in total. The highest BCUT2D eigenvalue weighted by Crippen LogP contribution is 2.67. The first-order valence-electron chi connectivity index (χ1n) is 11.6. The lowest BCUT2D eigenvalue weighted by Crippen LogP contribution is -2.55. The van der Waals surface area contributed by atoms with Crippen LogP contribution in [0.5, 0.6) is 0 Å². The number of hydrogen-bond donors (Lipinski definition) is 1. The zero-order valence-corrected chi connectivity index (χ0v) is 17.6. The third-order valence-corrected chi connectivity index (χ3v) is 9.92. The maximum Gasteiger partial charge on any atom is 0.00724 e. The van der Waals surface area contributed by atoms with Gasteiger partial charge in [0.25, 0.3) is 0 Å². The maximum atomic E-state index is 3.86. The Labute approximate surface area is 157 Å². The summed E-state index contributed by atoms with van der Waals surface area (Å²) in [6.07, 6.45) is 15.0. The van der Waals surface area contributed by atoms with Crippen molar-refractivity contribution in [3.05, 3.63) is 0 Å². The molecular weight excluding hydrogens is 302 g/mol. The molecule has 0 heterocycles. The zero-order valence-electron chi connectivity index (χ0n) is 17.6. The monoisotopic (exact) mass is 345 g/mol. The van der Waals surface area contributed by atoms with Crippen molar-refractivity contribution in [3.8, 4) is 0 Å². The van der Waals surface area contributed by atoms with Crippen LogP contribution < -0.4 is 5.32 Å². The zero-order chi connectivity index (χ0) is 17.8. The van der Waals surface area contributed by atoms with E-state index in [0.717, 1.165) is 35.6 Å². The molecule has 0 bridgehead atoms. The number of nitrogens with one attached hydrogen (secondary N) is 1. The Kier molecular flexibility index (Phi) is 4.79. The van der Waals surface area contributed by atoms with Crippen molar-refractivity contribution in [1.82, 2.24) is 5.32 Å². The van der Waals surface area contributed by atoms with Crippen LogP contribution in [-0.4, -0.2) is 12.1 Å². The Hall–Kier alpha value is -0.0400. The van der Waals surface area contributed by atoms with Gasteiger partial charge < -0.3 is 5.32 Å². The minimum Gasteiger partial charge on any atom is -0.312 e. The van der Waals surface area contributed by atoms with Gasteiger partial charge in [-0.3, -0.25) is 0 Å². The van der Waals surface area contributed by atoms with E-state index in [2.05, 4.69) is 39.9 Å². The van der Waals surface area contributed by atoms with E-state index in [1.54, 1.807) is 19.3 Å². The van der Waals surface area contributed by atoms with Gasteiger partial charge in [-0.1, -0.05) is 41.0 Å². The smallest absolute Gasteiger partial charge is 0.00724 e. The molecule has 4 aliphatic rings. The first-order chi connectivity index (χ1) is 11.9. The van der Waals surface area contributed by atoms with Crippen LogP contribution in [0.2, 0.25) is 0 Å². The molecule has 0 aliphatic heterocycles. The van der Waals surface area contributed by atoms with Gasteiger partial charge in [-0.05, 0) is 98.2 Å². The minimum absolute atomic E-state index is 0.644. The Morgan fingerprint density at radius 2 is 1.60 bits per heavy atom. The minimum atomic E-state index is 0.644. The van der Waals surface area contributed by atoms with Crippen LogP contribution in [0.1, 0.15) is 98.8 Å². The average Bonchev–Trinajstić information content (AvgIpc) is 2.91. The van der Waals surface area contributed by atoms with E-state index in [1.807, 2.05) is 0 Å². The van der Waals surface area contributed by atoms with Crippen molar-refractivity contribution in [1.29, 1.82) is 0 Å². The topological polar surface area (TPSA) is 12.0 Å². The van der Waals surface area contributed by atoms with Crippen LogP contribution in [-0.2, 0) is 0 Å². The number of hydrogen-bond acceptors (Lipinski definition) is 1. The van der Waals surface area contributed by atoms with E-state index in [0.29, 0.717) is 16.9 Å². The molecule has 0 aromatic rings. The second kappa shape index (κ2) is 6.54. The summed E-state index contributed by atoms with van der Waals surface area (Å²) in [4.78, 5) is 0. The molecule has 0 spiro atoms. The predicted molar refractivity (Wildman–Crippen MR) is 108 cm³/mol. The van der Waals surface area contributed by atoms with Crippen molar-refractivity contribution in [3.63, 3.8) is 0 Å². The fraction of sp³-hybridized carbons (Fsp3) is 1.00. The lowest BCUT2D eigenvalue weighted by atomic mass is 9.44. The molecule has 25 heavy (non-hydrogen) atoms. The van der Waals surface area contributed by atoms with E-state index in [1.165, 1.54) is 44.9 Å². The van der Waals surface area contributed by atoms with Gasteiger partial charge in [0.2, 0.25) is 0 Å². The Balaban J connectivity index is 1.52. The molecule has 0 radical (unpaired) electrons. The van der Waals surface area contributed by atoms with E-state index < -0.39 is 0 Å². The van der Waals surface area contributed by atoms with Crippen molar-refractivity contribution < 1.29 is 0 Å². The molecule has 4 fully saturated rings. The second-order valence-corrected chi connectivity index (χ2v) is 11.2. The summed E-state index contributed by atoms with van der Waals surface area (Å²) in [5, 5.41) is 3.86. The van der Waals surface area contributed by atoms with Gasteiger partial charge in [0.05, 0.1) is 0 Å². The molecule has 1 heteroatoms. The fourth-order valence-corrected chi connectivity index (χ4v) is 8.66. The van der Waals surface area contributed by atoms with E-state index in [4.69, 9.17) is 0 Å². The highest BCUT2D eigenvalue weighted by atomic mass is 14.9. The van der Waals surface area contributed by atoms with Crippen LogP contribution in [0, 0.1) is 40.4 Å². The first kappa shape index (κ1) is 18.3. The van der Waals surface area contributed by atoms with Crippen LogP contribution in [0.3, 0.4) is 0 Å². The molecule has 4 saturated carbocycles. The Bertz CT molecular complexity index is 484. The van der Waals surface area contributed by atoms with Gasteiger partial charge in [0, 0.05) is 12.1 Å². The summed E-state index contributed by atoms with van der Waals surface area (Å²) >= 11 is 0. The Morgan fingerprint density at radius 1 is 0.880 bits per heavy atom. The third-order valence-electron chi connectivity index (χ3n) is 9.92. The summed E-state index contributed by atoms with van der Waals surface area (Å²) in [6.45, 7) is 12.5. The van der Waals surface area contributed by atoms with Crippen LogP contribution in [0.25, 0.3) is 0 Å². The largest absolute Gasteiger partial charge is 0.312 e. The van der Waals surface area contributed by atoms with Crippen LogP contribution in [0.4, 0.5) is 0 Å². The van der Waals surface area contributed by atoms with Gasteiger partial charge in [0.1, 0.15) is 0 Å². The Morgan fingerprint density at radius 3 is 2.32 bits per heavy atom. The standard InChI is InChI=1S/C24H43N/c1-6-17-8-10-21-20-9-7-18-15-19(25-16(2)3)11-13-24(18,5)22(20)12-14-23(17,21)4/h16-22,25H,6-15H2,1-5H3. The van der Waals surface area contributed by atoms with Crippen LogP contribution in [0.15, 0.2) is 0 Å². The van der Waals surface area contributed by atoms with Crippen molar-refractivity contribution in [2.75, 3.05) is 0 Å². The molecule has 144 valence electrons.